The van der Waals surface area contributed by atoms with Gasteiger partial charge in [0.1, 0.15) is 12.9 Å². The highest BCUT2D eigenvalue weighted by Gasteiger charge is 2.70. The number of hydrogen-bond acceptors (Lipinski definition) is 9. The normalized spacial score (nSPS) is 26.0. The number of nitrogens with one attached hydrogen (secondary N) is 1. The van der Waals surface area contributed by atoms with Gasteiger partial charge in [0.25, 0.3) is 11.5 Å². The van der Waals surface area contributed by atoms with E-state index in [4.69, 9.17) is 21.3 Å². The van der Waals surface area contributed by atoms with Gasteiger partial charge in [-0.3, -0.25) is 14.4 Å². The van der Waals surface area contributed by atoms with Crippen LogP contribution < -0.4 is 10.9 Å². The van der Waals surface area contributed by atoms with Crippen molar-refractivity contribution in [1.29, 1.82) is 0 Å². The van der Waals surface area contributed by atoms with Crippen LogP contribution in [0.2, 0.25) is 5.02 Å². The van der Waals surface area contributed by atoms with E-state index in [0.717, 1.165) is 43.0 Å². The van der Waals surface area contributed by atoms with Gasteiger partial charge in [0.2, 0.25) is 11.7 Å². The van der Waals surface area contributed by atoms with Crippen molar-refractivity contribution in [3.8, 4) is 5.75 Å². The van der Waals surface area contributed by atoms with Crippen LogP contribution in [0.4, 0.5) is 18.9 Å². The maximum Gasteiger partial charge on any atom is 0.416 e. The van der Waals surface area contributed by atoms with Crippen LogP contribution in [0, 0.1) is 18.8 Å². The van der Waals surface area contributed by atoms with Gasteiger partial charge in [-0.1, -0.05) is 17.7 Å². The summed E-state index contributed by atoms with van der Waals surface area (Å²) in [6, 6.07) is 2.54. The maximum absolute atomic E-state index is 14.7. The first kappa shape index (κ1) is 33.0. The van der Waals surface area contributed by atoms with E-state index in [0.29, 0.717) is 55.4 Å². The number of aryl methyl sites for hydroxylation is 1. The van der Waals surface area contributed by atoms with E-state index in [-0.39, 0.29) is 69.7 Å². The first-order valence-corrected chi connectivity index (χ1v) is 17.6. The number of likely N-dealkylation sites (tertiary alicyclic amines) is 1. The maximum atomic E-state index is 14.7. The molecule has 1 aromatic carbocycles. The number of aromatic nitrogens is 6. The molecule has 5 atom stereocenters. The Kier molecular flexibility index (Phi) is 7.36. The van der Waals surface area contributed by atoms with Gasteiger partial charge in [0, 0.05) is 35.2 Å². The Bertz CT molecular complexity index is 2310. The number of hydrogen-bond donors (Lipinski definition) is 2. The average Bonchev–Trinajstić information content (AvgIpc) is 3.68. The fourth-order valence-electron chi connectivity index (χ4n) is 9.19. The first-order chi connectivity index (χ1) is 24.9. The van der Waals surface area contributed by atoms with E-state index in [9.17, 15) is 32.7 Å². The van der Waals surface area contributed by atoms with Crippen molar-refractivity contribution in [3.05, 3.63) is 80.0 Å². The molecule has 2 aliphatic heterocycles. The number of carbonyl (C=O) groups excluding carboxylic acids is 2. The zero-order valence-electron chi connectivity index (χ0n) is 27.8. The van der Waals surface area contributed by atoms with Crippen LogP contribution in [-0.4, -0.2) is 76.8 Å². The summed E-state index contributed by atoms with van der Waals surface area (Å²) < 4.78 is 48.3. The molecule has 3 fully saturated rings. The van der Waals surface area contributed by atoms with Gasteiger partial charge in [-0.15, -0.1) is 5.10 Å². The minimum atomic E-state index is -4.60. The molecular formula is C35H32ClF3N8O5. The van der Waals surface area contributed by atoms with Crippen molar-refractivity contribution in [2.24, 2.45) is 11.8 Å². The van der Waals surface area contributed by atoms with Gasteiger partial charge >= 0.3 is 6.18 Å². The van der Waals surface area contributed by atoms with E-state index in [1.54, 1.807) is 16.4 Å². The number of rotatable bonds is 5. The van der Waals surface area contributed by atoms with Gasteiger partial charge in [-0.2, -0.15) is 22.7 Å². The molecule has 3 aromatic heterocycles. The average molecular weight is 737 g/mol. The summed E-state index contributed by atoms with van der Waals surface area (Å²) in [6.45, 7) is 2.49. The van der Waals surface area contributed by atoms with Crippen molar-refractivity contribution in [2.45, 2.75) is 69.1 Å². The summed E-state index contributed by atoms with van der Waals surface area (Å²) in [7, 11) is 0. The Hall–Kier alpha value is -4.83. The molecule has 1 spiro atoms. The molecule has 2 N–H and O–H groups in total. The topological polar surface area (TPSA) is 157 Å². The number of amides is 2. The number of aromatic hydroxyl groups is 1. The minimum absolute atomic E-state index is 0.0166. The molecule has 1 saturated heterocycles. The molecule has 2 saturated carbocycles. The van der Waals surface area contributed by atoms with E-state index < -0.39 is 23.1 Å². The number of anilines is 1. The largest absolute Gasteiger partial charge is 0.504 e. The van der Waals surface area contributed by atoms with Crippen molar-refractivity contribution < 1.29 is 32.6 Å². The summed E-state index contributed by atoms with van der Waals surface area (Å²) in [5.41, 5.74) is 0.565. The van der Waals surface area contributed by atoms with E-state index >= 15 is 0 Å². The van der Waals surface area contributed by atoms with E-state index in [2.05, 4.69) is 20.4 Å². The number of halogens is 4. The lowest BCUT2D eigenvalue weighted by Gasteiger charge is -2.58. The van der Waals surface area contributed by atoms with Crippen LogP contribution >= 0.6 is 11.6 Å². The second-order valence-corrected chi connectivity index (χ2v) is 14.6. The van der Waals surface area contributed by atoms with Gasteiger partial charge < -0.3 is 24.6 Å². The van der Waals surface area contributed by atoms with Crippen molar-refractivity contribution in [3.63, 3.8) is 0 Å². The highest BCUT2D eigenvalue weighted by molar-refractivity contribution is 6.33. The predicted octanol–water partition coefficient (Wildman–Crippen LogP) is 4.49. The molecule has 5 heterocycles. The number of fused-ring (bicyclic) bond motifs is 8. The number of ether oxygens (including phenoxy) is 1. The number of benzene rings is 1. The molecule has 4 aromatic rings. The summed E-state index contributed by atoms with van der Waals surface area (Å²) in [5.74, 6) is -0.624. The third-order valence-corrected chi connectivity index (χ3v) is 12.0. The van der Waals surface area contributed by atoms with Crippen LogP contribution in [0.3, 0.4) is 0 Å². The molecular weight excluding hydrogens is 705 g/mol. The Morgan fingerprint density at radius 1 is 1.19 bits per heavy atom. The lowest BCUT2D eigenvalue weighted by Crippen LogP contribution is -2.64. The molecule has 9 rings (SSSR count). The Labute approximate surface area is 298 Å². The highest BCUT2D eigenvalue weighted by atomic mass is 35.5. The van der Waals surface area contributed by atoms with Crippen LogP contribution in [-0.2, 0) is 27.7 Å². The fourth-order valence-corrected chi connectivity index (χ4v) is 9.42. The molecule has 0 unspecified atom stereocenters. The van der Waals surface area contributed by atoms with Crippen LogP contribution in [0.5, 0.6) is 5.75 Å². The van der Waals surface area contributed by atoms with E-state index in [1.807, 2.05) is 6.08 Å². The highest BCUT2D eigenvalue weighted by Crippen LogP contribution is 2.72. The van der Waals surface area contributed by atoms with Crippen molar-refractivity contribution >= 4 is 40.5 Å². The first-order valence-electron chi connectivity index (χ1n) is 17.2. The Morgan fingerprint density at radius 2 is 2.02 bits per heavy atom. The number of alkyl halides is 3. The predicted molar refractivity (Wildman–Crippen MR) is 179 cm³/mol. The van der Waals surface area contributed by atoms with Gasteiger partial charge in [-0.25, -0.2) is 9.97 Å². The van der Waals surface area contributed by atoms with Crippen molar-refractivity contribution in [2.75, 3.05) is 25.1 Å². The third-order valence-electron chi connectivity index (χ3n) is 11.7. The number of carbonyl (C=O) groups is 2. The van der Waals surface area contributed by atoms with Gasteiger partial charge in [0.05, 0.1) is 35.2 Å². The molecule has 52 heavy (non-hydrogen) atoms. The lowest BCUT2D eigenvalue weighted by molar-refractivity contribution is -0.137. The monoisotopic (exact) mass is 736 g/mol. The SMILES string of the molecule is Cc1ncnc(C(=O)N2CC[C@@]3(c4c(n(CC(=O)Nc5ccc(C(F)(F)F)cc5Cl)c5nc(C6=CCOCC6)nn5c4=O)[C@@H]4C[C@@H]43)[C@@H]3CC[C@@H]32)c1O. The zero-order valence-corrected chi connectivity index (χ0v) is 28.5. The van der Waals surface area contributed by atoms with E-state index in [1.165, 1.54) is 10.8 Å². The summed E-state index contributed by atoms with van der Waals surface area (Å²) in [5, 5.41) is 17.7. The smallest absolute Gasteiger partial charge is 0.416 e. The fraction of sp³-hybridized carbons (Fsp3) is 0.457. The minimum Gasteiger partial charge on any atom is -0.504 e. The van der Waals surface area contributed by atoms with Crippen LogP contribution in [0.1, 0.15) is 76.8 Å². The molecule has 5 aliphatic rings. The molecule has 270 valence electrons. The van der Waals surface area contributed by atoms with Crippen molar-refractivity contribution in [1.82, 2.24) is 34.0 Å². The molecule has 13 nitrogen and oxygen atoms in total. The van der Waals surface area contributed by atoms with Gasteiger partial charge in [0.15, 0.2) is 17.3 Å². The standard InChI is InChI=1S/C35H32ClF3N8O5/c1-16-29(49)27(41-15-40-16)32(51)45-9-8-34(20-3-5-24(20)45)21-13-19(21)28-26(34)31(50)47-33(43-30(44-47)17-6-10-52-11-7-17)46(28)14-25(48)42-23-4-2-18(12-22(23)36)35(37,38)39/h2,4,6,12,15,19-21,24,49H,3,5,7-11,13-14H2,1H3,(H,42,48)/t19-,20-,21+,24+,34-/m1/s1. The molecule has 0 bridgehead atoms. The summed E-state index contributed by atoms with van der Waals surface area (Å²) in [4.78, 5) is 56.8. The van der Waals surface area contributed by atoms with Crippen LogP contribution in [0.15, 0.2) is 35.4 Å². The second-order valence-electron chi connectivity index (χ2n) is 14.2. The summed E-state index contributed by atoms with van der Waals surface area (Å²) >= 11 is 6.18. The second kappa shape index (κ2) is 11.6. The number of piperidine rings is 1. The molecule has 2 amide bonds. The third kappa shape index (κ3) is 4.82. The summed E-state index contributed by atoms with van der Waals surface area (Å²) in [6.07, 6.45) is 1.86. The van der Waals surface area contributed by atoms with Crippen LogP contribution in [0.25, 0.3) is 11.4 Å². The lowest BCUT2D eigenvalue weighted by atomic mass is 9.54. The number of nitrogens with zero attached hydrogens (tertiary/aromatic N) is 7. The Balaban J connectivity index is 1.12. The molecule has 0 radical (unpaired) electrons. The molecule has 3 aliphatic carbocycles. The van der Waals surface area contributed by atoms with Gasteiger partial charge in [-0.05, 0) is 74.6 Å². The quantitative estimate of drug-likeness (QED) is 0.302. The Morgan fingerprint density at radius 3 is 2.73 bits per heavy atom. The zero-order chi connectivity index (χ0) is 36.3. The molecule has 17 heteroatoms.